The van der Waals surface area contributed by atoms with Crippen LogP contribution in [0.4, 0.5) is 5.69 Å². The fraction of sp³-hybridized carbons (Fsp3) is 0.235. The van der Waals surface area contributed by atoms with Gasteiger partial charge < -0.3 is 9.84 Å². The van der Waals surface area contributed by atoms with Gasteiger partial charge in [0.05, 0.1) is 23.1 Å². The van der Waals surface area contributed by atoms with Crippen LogP contribution < -0.4 is 0 Å². The number of rotatable bonds is 7. The van der Waals surface area contributed by atoms with E-state index in [0.717, 1.165) is 0 Å². The molecule has 0 aliphatic carbocycles. The number of carboxylic acids is 1. The molecule has 0 unspecified atom stereocenters. The molecule has 0 bridgehead atoms. The van der Waals surface area contributed by atoms with Gasteiger partial charge in [-0.3, -0.25) is 24.6 Å². The smallest absolute Gasteiger partial charge is 0.356 e. The van der Waals surface area contributed by atoms with Crippen LogP contribution in [-0.2, 0) is 25.7 Å². The molecule has 0 radical (unpaired) electrons. The summed E-state index contributed by atoms with van der Waals surface area (Å²) < 4.78 is 5.25. The first-order valence-electron chi connectivity index (χ1n) is 7.88. The SMILES string of the molecule is O=C(O)C/C=C/C1=C(C(=O)OCc2ccc([N+](=O)[O-])cc2)N2C(=O)C[C@@H]2S1. The molecular weight excluding hydrogens is 376 g/mol. The Morgan fingerprint density at radius 1 is 1.37 bits per heavy atom. The molecule has 2 heterocycles. The molecule has 1 fully saturated rings. The average molecular weight is 390 g/mol. The van der Waals surface area contributed by atoms with Crippen molar-refractivity contribution in [1.82, 2.24) is 4.90 Å². The molecule has 2 aliphatic heterocycles. The predicted octanol–water partition coefficient (Wildman–Crippen LogP) is 2.19. The number of thioether (sulfide) groups is 1. The second-order valence-electron chi connectivity index (χ2n) is 5.75. The number of β-lactam (4-membered cyclic amide) rings is 1. The van der Waals surface area contributed by atoms with Gasteiger partial charge in [-0.15, -0.1) is 0 Å². The third-order valence-electron chi connectivity index (χ3n) is 3.92. The number of aliphatic carboxylic acids is 1. The molecule has 27 heavy (non-hydrogen) atoms. The van der Waals surface area contributed by atoms with Crippen LogP contribution >= 0.6 is 11.8 Å². The minimum absolute atomic E-state index is 0.0696. The van der Waals surface area contributed by atoms with Gasteiger partial charge in [0, 0.05) is 17.0 Å². The first kappa shape index (κ1) is 18.6. The quantitative estimate of drug-likeness (QED) is 0.325. The summed E-state index contributed by atoms with van der Waals surface area (Å²) in [6.45, 7) is -0.107. The number of amides is 1. The van der Waals surface area contributed by atoms with Gasteiger partial charge >= 0.3 is 11.9 Å². The van der Waals surface area contributed by atoms with Gasteiger partial charge in [-0.25, -0.2) is 4.79 Å². The van der Waals surface area contributed by atoms with Crippen LogP contribution in [0.3, 0.4) is 0 Å². The molecule has 1 atom stereocenters. The zero-order valence-corrected chi connectivity index (χ0v) is 14.7. The van der Waals surface area contributed by atoms with E-state index in [4.69, 9.17) is 9.84 Å². The van der Waals surface area contributed by atoms with Gasteiger partial charge in [0.25, 0.3) is 5.69 Å². The molecule has 9 nitrogen and oxygen atoms in total. The second-order valence-corrected chi connectivity index (χ2v) is 6.97. The monoisotopic (exact) mass is 390 g/mol. The number of nitrogens with zero attached hydrogens (tertiary/aromatic N) is 2. The van der Waals surface area contributed by atoms with Crippen molar-refractivity contribution in [2.75, 3.05) is 0 Å². The Labute approximate surface area is 157 Å². The number of ether oxygens (including phenoxy) is 1. The van der Waals surface area contributed by atoms with E-state index in [1.165, 1.54) is 53.1 Å². The van der Waals surface area contributed by atoms with E-state index in [1.807, 2.05) is 0 Å². The van der Waals surface area contributed by atoms with Crippen molar-refractivity contribution in [1.29, 1.82) is 0 Å². The number of nitro benzene ring substituents is 1. The maximum absolute atomic E-state index is 12.5. The van der Waals surface area contributed by atoms with Crippen molar-refractivity contribution in [2.24, 2.45) is 0 Å². The van der Waals surface area contributed by atoms with Crippen molar-refractivity contribution < 1.29 is 29.2 Å². The van der Waals surface area contributed by atoms with Crippen LogP contribution in [0.1, 0.15) is 18.4 Å². The summed E-state index contributed by atoms with van der Waals surface area (Å²) in [6, 6.07) is 5.58. The standard InChI is InChI=1S/C17H14N2O7S/c20-13-8-14-18(13)16(12(27-14)2-1-3-15(21)22)17(23)26-9-10-4-6-11(7-5-10)19(24)25/h1-2,4-7,14H,3,8-9H2,(H,21,22)/b2-1+/t14-/m0/s1. The molecular formula is C17H14N2O7S. The largest absolute Gasteiger partial charge is 0.481 e. The molecule has 140 valence electrons. The van der Waals surface area contributed by atoms with Crippen LogP contribution in [0, 0.1) is 10.1 Å². The van der Waals surface area contributed by atoms with Crippen molar-refractivity contribution in [2.45, 2.75) is 24.8 Å². The first-order chi connectivity index (χ1) is 12.9. The first-order valence-corrected chi connectivity index (χ1v) is 8.76. The minimum atomic E-state index is -1.00. The number of esters is 1. The summed E-state index contributed by atoms with van der Waals surface area (Å²) in [6.07, 6.45) is 3.02. The molecule has 3 rings (SSSR count). The zero-order valence-electron chi connectivity index (χ0n) is 13.9. The maximum Gasteiger partial charge on any atom is 0.356 e. The number of carbonyl (C=O) groups is 3. The van der Waals surface area contributed by atoms with Gasteiger partial charge in [0.2, 0.25) is 5.91 Å². The Bertz CT molecular complexity index is 876. The van der Waals surface area contributed by atoms with Gasteiger partial charge in [-0.05, 0) is 23.8 Å². The highest BCUT2D eigenvalue weighted by molar-refractivity contribution is 8.04. The van der Waals surface area contributed by atoms with E-state index in [1.54, 1.807) is 0 Å². The molecule has 1 aromatic rings. The molecule has 0 saturated carbocycles. The number of hydrogen-bond donors (Lipinski definition) is 1. The molecule has 1 aromatic carbocycles. The van der Waals surface area contributed by atoms with Crippen LogP contribution in [0.5, 0.6) is 0 Å². The van der Waals surface area contributed by atoms with Crippen LogP contribution in [0.25, 0.3) is 0 Å². The Balaban J connectivity index is 1.71. The maximum atomic E-state index is 12.5. The number of fused-ring (bicyclic) bond motifs is 1. The molecule has 10 heteroatoms. The average Bonchev–Trinajstić information content (AvgIpc) is 2.92. The Morgan fingerprint density at radius 3 is 2.67 bits per heavy atom. The lowest BCUT2D eigenvalue weighted by molar-refractivity contribution is -0.384. The number of non-ortho nitro benzene ring substituents is 1. The lowest BCUT2D eigenvalue weighted by atomic mass is 10.1. The van der Waals surface area contributed by atoms with Gasteiger partial charge in [-0.1, -0.05) is 17.8 Å². The van der Waals surface area contributed by atoms with E-state index >= 15 is 0 Å². The topological polar surface area (TPSA) is 127 Å². The van der Waals surface area contributed by atoms with E-state index in [2.05, 4.69) is 0 Å². The summed E-state index contributed by atoms with van der Waals surface area (Å²) in [5, 5.41) is 19.2. The van der Waals surface area contributed by atoms with Crippen LogP contribution in [-0.4, -0.2) is 38.1 Å². The van der Waals surface area contributed by atoms with E-state index in [0.29, 0.717) is 16.9 Å². The van der Waals surface area contributed by atoms with Crippen molar-refractivity contribution in [3.05, 3.63) is 62.7 Å². The number of allylic oxidation sites excluding steroid dienone is 1. The van der Waals surface area contributed by atoms with E-state index in [9.17, 15) is 24.5 Å². The highest BCUT2D eigenvalue weighted by Crippen LogP contribution is 2.46. The second kappa shape index (κ2) is 7.62. The number of carbonyl (C=O) groups excluding carboxylic acids is 2. The number of nitro groups is 1. The predicted molar refractivity (Wildman–Crippen MR) is 94.2 cm³/mol. The number of hydrogen-bond acceptors (Lipinski definition) is 7. The van der Waals surface area contributed by atoms with Crippen LogP contribution in [0.15, 0.2) is 47.0 Å². The lowest BCUT2D eigenvalue weighted by Gasteiger charge is -2.34. The number of carboxylic acid groups (broad SMARTS) is 1. The Kier molecular flexibility index (Phi) is 5.26. The highest BCUT2D eigenvalue weighted by Gasteiger charge is 2.48. The molecule has 1 amide bonds. The van der Waals surface area contributed by atoms with Gasteiger partial charge in [0.1, 0.15) is 12.3 Å². The fourth-order valence-corrected chi connectivity index (χ4v) is 3.90. The summed E-state index contributed by atoms with van der Waals surface area (Å²) in [4.78, 5) is 46.9. The summed E-state index contributed by atoms with van der Waals surface area (Å²) in [5.41, 5.74) is 0.597. The fourth-order valence-electron chi connectivity index (χ4n) is 2.59. The normalized spacial score (nSPS) is 18.4. The third-order valence-corrected chi connectivity index (χ3v) is 5.15. The summed E-state index contributed by atoms with van der Waals surface area (Å²) in [5.74, 6) is -1.90. The lowest BCUT2D eigenvalue weighted by Crippen LogP contribution is -2.48. The molecule has 1 saturated heterocycles. The van der Waals surface area contributed by atoms with Gasteiger partial charge in [-0.2, -0.15) is 0 Å². The molecule has 0 aromatic heterocycles. The molecule has 2 aliphatic rings. The van der Waals surface area contributed by atoms with E-state index in [-0.39, 0.29) is 35.7 Å². The highest BCUT2D eigenvalue weighted by atomic mass is 32.2. The summed E-state index contributed by atoms with van der Waals surface area (Å²) in [7, 11) is 0. The van der Waals surface area contributed by atoms with E-state index < -0.39 is 16.9 Å². The third kappa shape index (κ3) is 4.00. The zero-order chi connectivity index (χ0) is 19.6. The van der Waals surface area contributed by atoms with Crippen molar-refractivity contribution in [3.8, 4) is 0 Å². The Hall–Kier alpha value is -3.14. The van der Waals surface area contributed by atoms with Crippen molar-refractivity contribution in [3.63, 3.8) is 0 Å². The van der Waals surface area contributed by atoms with Gasteiger partial charge in [0.15, 0.2) is 0 Å². The minimum Gasteiger partial charge on any atom is -0.481 e. The molecule has 0 spiro atoms. The molecule has 1 N–H and O–H groups in total. The summed E-state index contributed by atoms with van der Waals surface area (Å²) >= 11 is 1.31. The van der Waals surface area contributed by atoms with Crippen molar-refractivity contribution >= 4 is 35.3 Å². The number of benzene rings is 1. The van der Waals surface area contributed by atoms with Crippen LogP contribution in [0.2, 0.25) is 0 Å². The Morgan fingerprint density at radius 2 is 2.07 bits per heavy atom.